The van der Waals surface area contributed by atoms with E-state index in [1.807, 2.05) is 20.8 Å². The molecule has 1 N–H and O–H groups in total. The number of halogens is 1. The molecule has 1 aliphatic heterocycles. The highest BCUT2D eigenvalue weighted by atomic mass is 19.1. The first-order valence-corrected chi connectivity index (χ1v) is 9.53. The van der Waals surface area contributed by atoms with Crippen LogP contribution in [-0.2, 0) is 16.8 Å². The summed E-state index contributed by atoms with van der Waals surface area (Å²) >= 11 is 0. The lowest BCUT2D eigenvalue weighted by atomic mass is 9.88. The van der Waals surface area contributed by atoms with Crippen molar-refractivity contribution in [2.45, 2.75) is 39.2 Å². The summed E-state index contributed by atoms with van der Waals surface area (Å²) < 4.78 is 21.5. The molecule has 29 heavy (non-hydrogen) atoms. The zero-order chi connectivity index (χ0) is 20.6. The van der Waals surface area contributed by atoms with E-state index in [2.05, 4.69) is 20.4 Å². The molecule has 0 spiro atoms. The van der Waals surface area contributed by atoms with E-state index in [1.54, 1.807) is 35.1 Å². The fraction of sp³-hybridized carbons (Fsp3) is 0.333. The lowest BCUT2D eigenvalue weighted by Gasteiger charge is -2.13. The van der Waals surface area contributed by atoms with Gasteiger partial charge in [-0.2, -0.15) is 5.10 Å². The Balaban J connectivity index is 1.70. The Bertz CT molecular complexity index is 1080. The monoisotopic (exact) mass is 395 g/mol. The van der Waals surface area contributed by atoms with Crippen LogP contribution in [0.15, 0.2) is 36.5 Å². The molecule has 1 aromatic carbocycles. The quantitative estimate of drug-likeness (QED) is 0.690. The average Bonchev–Trinajstić information content (AvgIpc) is 3.20. The normalized spacial score (nSPS) is 14.6. The number of benzene rings is 1. The van der Waals surface area contributed by atoms with E-state index in [1.165, 1.54) is 6.07 Å². The van der Waals surface area contributed by atoms with Crippen molar-refractivity contribution in [3.63, 3.8) is 0 Å². The third-order valence-electron chi connectivity index (χ3n) is 4.97. The molecule has 150 valence electrons. The van der Waals surface area contributed by atoms with Crippen molar-refractivity contribution in [3.05, 3.63) is 53.5 Å². The van der Waals surface area contributed by atoms with Crippen molar-refractivity contribution >= 4 is 11.7 Å². The van der Waals surface area contributed by atoms with Crippen LogP contribution >= 0.6 is 0 Å². The largest absolute Gasteiger partial charge is 0.478 e. The molecule has 1 aliphatic rings. The second kappa shape index (κ2) is 7.27. The van der Waals surface area contributed by atoms with Crippen molar-refractivity contribution in [2.75, 3.05) is 11.9 Å². The van der Waals surface area contributed by atoms with Crippen LogP contribution in [0.3, 0.4) is 0 Å². The summed E-state index contributed by atoms with van der Waals surface area (Å²) in [5, 5.41) is 7.33. The van der Waals surface area contributed by atoms with E-state index >= 15 is 0 Å². The van der Waals surface area contributed by atoms with Gasteiger partial charge in [-0.25, -0.2) is 19.0 Å². The summed E-state index contributed by atoms with van der Waals surface area (Å²) in [6, 6.07) is 8.30. The summed E-state index contributed by atoms with van der Waals surface area (Å²) in [6.45, 7) is 6.40. The summed E-state index contributed by atoms with van der Waals surface area (Å²) in [4.78, 5) is 21.0. The number of hydrogen-bond acceptors (Lipinski definition) is 5. The maximum atomic E-state index is 14.1. The predicted octanol–water partition coefficient (Wildman–Crippen LogP) is 3.55. The number of hydrogen-bond donors (Lipinski definition) is 1. The first-order valence-electron chi connectivity index (χ1n) is 9.53. The van der Waals surface area contributed by atoms with E-state index in [9.17, 15) is 9.18 Å². The minimum atomic E-state index is -0.673. The molecule has 0 bridgehead atoms. The summed E-state index contributed by atoms with van der Waals surface area (Å²) in [6.07, 6.45) is 2.48. The van der Waals surface area contributed by atoms with Gasteiger partial charge in [0.15, 0.2) is 5.82 Å². The molecule has 0 saturated heterocycles. The van der Waals surface area contributed by atoms with Gasteiger partial charge in [-0.05, 0) is 26.3 Å². The van der Waals surface area contributed by atoms with Crippen LogP contribution in [0.25, 0.3) is 11.5 Å². The molecule has 0 aliphatic carbocycles. The van der Waals surface area contributed by atoms with Crippen molar-refractivity contribution < 1.29 is 13.9 Å². The van der Waals surface area contributed by atoms with Gasteiger partial charge in [0.25, 0.3) is 0 Å². The first kappa shape index (κ1) is 19.0. The van der Waals surface area contributed by atoms with Gasteiger partial charge in [-0.15, -0.1) is 0 Å². The number of anilines is 1. The fourth-order valence-electron chi connectivity index (χ4n) is 3.18. The third kappa shape index (κ3) is 3.46. The summed E-state index contributed by atoms with van der Waals surface area (Å²) in [7, 11) is 0. The molecule has 0 radical (unpaired) electrons. The second-order valence-electron chi connectivity index (χ2n) is 7.50. The van der Waals surface area contributed by atoms with Gasteiger partial charge in [0, 0.05) is 23.4 Å². The van der Waals surface area contributed by atoms with E-state index < -0.39 is 5.41 Å². The molecule has 8 heteroatoms. The Morgan fingerprint density at radius 2 is 2.07 bits per heavy atom. The molecule has 3 aromatic rings. The van der Waals surface area contributed by atoms with Gasteiger partial charge in [0.1, 0.15) is 17.3 Å². The number of fused-ring (bicyclic) bond motifs is 1. The highest BCUT2D eigenvalue weighted by Gasteiger charge is 2.40. The lowest BCUT2D eigenvalue weighted by molar-refractivity contribution is -0.119. The number of carbonyl (C=O) groups is 1. The minimum absolute atomic E-state index is 0.115. The predicted molar refractivity (Wildman–Crippen MR) is 106 cm³/mol. The van der Waals surface area contributed by atoms with Gasteiger partial charge in [0.2, 0.25) is 11.8 Å². The first-order chi connectivity index (χ1) is 13.9. The Hall–Kier alpha value is -3.29. The maximum absolute atomic E-state index is 14.1. The highest BCUT2D eigenvalue weighted by Crippen LogP contribution is 2.36. The van der Waals surface area contributed by atoms with Gasteiger partial charge in [0.05, 0.1) is 18.6 Å². The van der Waals surface area contributed by atoms with E-state index in [4.69, 9.17) is 4.74 Å². The molecular formula is C21H22FN5O2. The van der Waals surface area contributed by atoms with Crippen molar-refractivity contribution in [1.29, 1.82) is 0 Å². The molecule has 2 aromatic heterocycles. The SMILES string of the molecule is CCCOc1cc(-c2ncc3c(n2)NC(=O)C3(C)C)nn1Cc1ccccc1F. The van der Waals surface area contributed by atoms with Crippen molar-refractivity contribution in [3.8, 4) is 17.4 Å². The number of aromatic nitrogens is 4. The van der Waals surface area contributed by atoms with Crippen LogP contribution in [0.1, 0.15) is 38.3 Å². The molecule has 0 saturated carbocycles. The second-order valence-corrected chi connectivity index (χ2v) is 7.50. The van der Waals surface area contributed by atoms with E-state index in [0.29, 0.717) is 35.4 Å². The molecule has 7 nitrogen and oxygen atoms in total. The standard InChI is InChI=1S/C21H22FN5O2/c1-4-9-29-17-10-16(26-27(17)12-13-7-5-6-8-15(13)22)19-23-11-14-18(24-19)25-20(28)21(14,2)3/h5-8,10-11H,4,9,12H2,1-3H3,(H,23,24,25,28). The zero-order valence-corrected chi connectivity index (χ0v) is 16.6. The van der Waals surface area contributed by atoms with E-state index in [0.717, 1.165) is 12.0 Å². The number of carbonyl (C=O) groups excluding carboxylic acids is 1. The van der Waals surface area contributed by atoms with Crippen LogP contribution in [0, 0.1) is 5.82 Å². The Morgan fingerprint density at radius 3 is 2.83 bits per heavy atom. The topological polar surface area (TPSA) is 81.9 Å². The maximum Gasteiger partial charge on any atom is 0.235 e. The van der Waals surface area contributed by atoms with Gasteiger partial charge in [-0.3, -0.25) is 4.79 Å². The molecule has 3 heterocycles. The molecule has 0 fully saturated rings. The van der Waals surface area contributed by atoms with Crippen molar-refractivity contribution in [2.24, 2.45) is 0 Å². The van der Waals surface area contributed by atoms with Crippen LogP contribution in [0.4, 0.5) is 10.2 Å². The van der Waals surface area contributed by atoms with Crippen LogP contribution in [0.5, 0.6) is 5.88 Å². The molecule has 0 unspecified atom stereocenters. The van der Waals surface area contributed by atoms with E-state index in [-0.39, 0.29) is 18.3 Å². The van der Waals surface area contributed by atoms with Crippen LogP contribution < -0.4 is 10.1 Å². The number of amides is 1. The lowest BCUT2D eigenvalue weighted by Crippen LogP contribution is -2.26. The fourth-order valence-corrected chi connectivity index (χ4v) is 3.18. The average molecular weight is 395 g/mol. The van der Waals surface area contributed by atoms with Gasteiger partial charge < -0.3 is 10.1 Å². The molecule has 0 atom stereocenters. The molecule has 4 rings (SSSR count). The van der Waals surface area contributed by atoms with Gasteiger partial charge >= 0.3 is 0 Å². The van der Waals surface area contributed by atoms with Crippen LogP contribution in [-0.4, -0.2) is 32.3 Å². The number of ether oxygens (including phenoxy) is 1. The summed E-state index contributed by atoms with van der Waals surface area (Å²) in [5.41, 5.74) is 1.08. The molecular weight excluding hydrogens is 373 g/mol. The highest BCUT2D eigenvalue weighted by molar-refractivity contribution is 6.04. The Labute approximate surface area is 167 Å². The zero-order valence-electron chi connectivity index (χ0n) is 16.6. The number of rotatable bonds is 6. The third-order valence-corrected chi connectivity index (χ3v) is 4.97. The van der Waals surface area contributed by atoms with Crippen molar-refractivity contribution in [1.82, 2.24) is 19.7 Å². The summed E-state index contributed by atoms with van der Waals surface area (Å²) in [5.74, 6) is 0.958. The number of nitrogens with one attached hydrogen (secondary N) is 1. The Kier molecular flexibility index (Phi) is 4.77. The van der Waals surface area contributed by atoms with Crippen LogP contribution in [0.2, 0.25) is 0 Å². The van der Waals surface area contributed by atoms with Gasteiger partial charge in [-0.1, -0.05) is 25.1 Å². The Morgan fingerprint density at radius 1 is 1.28 bits per heavy atom. The molecule has 1 amide bonds. The number of nitrogens with zero attached hydrogens (tertiary/aromatic N) is 4. The minimum Gasteiger partial charge on any atom is -0.478 e. The smallest absolute Gasteiger partial charge is 0.235 e.